The van der Waals surface area contributed by atoms with Gasteiger partial charge < -0.3 is 13.9 Å². The number of furan rings is 1. The Morgan fingerprint density at radius 3 is 2.48 bits per heavy atom. The van der Waals surface area contributed by atoms with Crippen molar-refractivity contribution < 1.29 is 27.9 Å². The number of aryl methyl sites for hydroxylation is 3. The number of hydrogen-bond donors (Lipinski definition) is 1. The van der Waals surface area contributed by atoms with E-state index in [0.29, 0.717) is 30.7 Å². The van der Waals surface area contributed by atoms with Crippen LogP contribution in [0.1, 0.15) is 48.4 Å². The van der Waals surface area contributed by atoms with Crippen LogP contribution in [0.5, 0.6) is 11.5 Å². The standard InChI is InChI=1S/C32H32FNO5S/c1-2-9-27-28(17-16-26-23(21-39-29(26)27)15-14-22-10-4-3-5-11-22)38-19-7-6-18-37-25-13-8-12-24(20-25)32(33)30(35)34-31(36)40-32/h3-5,8,10-13,16-17,20-21H,2,6-7,9,14-15,18-19H2,1H3,(H,34,35,36). The third kappa shape index (κ3) is 6.17. The van der Waals surface area contributed by atoms with E-state index in [1.165, 1.54) is 23.3 Å². The highest BCUT2D eigenvalue weighted by Gasteiger charge is 2.50. The molecule has 0 bridgehead atoms. The lowest BCUT2D eigenvalue weighted by molar-refractivity contribution is -0.126. The SMILES string of the molecule is CCCc1c(OCCCCOc2cccc(C3(F)SC(=O)NC3=O)c2)ccc2c(CCc3ccccc3)coc12. The van der Waals surface area contributed by atoms with E-state index in [-0.39, 0.29) is 5.56 Å². The molecule has 1 aliphatic heterocycles. The van der Waals surface area contributed by atoms with Crippen LogP contribution in [0.3, 0.4) is 0 Å². The first-order valence-electron chi connectivity index (χ1n) is 13.6. The molecule has 40 heavy (non-hydrogen) atoms. The van der Waals surface area contributed by atoms with E-state index in [2.05, 4.69) is 37.3 Å². The summed E-state index contributed by atoms with van der Waals surface area (Å²) in [6, 6.07) is 20.9. The number of unbranched alkanes of at least 4 members (excludes halogenated alkanes) is 1. The zero-order chi connectivity index (χ0) is 28.0. The Morgan fingerprint density at radius 1 is 0.925 bits per heavy atom. The molecule has 5 rings (SSSR count). The van der Waals surface area contributed by atoms with E-state index in [4.69, 9.17) is 13.9 Å². The van der Waals surface area contributed by atoms with Gasteiger partial charge in [-0.15, -0.1) is 0 Å². The Labute approximate surface area is 237 Å². The summed E-state index contributed by atoms with van der Waals surface area (Å²) in [5.41, 5.74) is 4.62. The molecule has 1 aliphatic rings. The van der Waals surface area contributed by atoms with Gasteiger partial charge in [-0.3, -0.25) is 14.9 Å². The first-order valence-corrected chi connectivity index (χ1v) is 14.4. The van der Waals surface area contributed by atoms with Gasteiger partial charge in [0.15, 0.2) is 0 Å². The van der Waals surface area contributed by atoms with Gasteiger partial charge in [0.2, 0.25) is 0 Å². The van der Waals surface area contributed by atoms with Gasteiger partial charge in [-0.1, -0.05) is 55.8 Å². The van der Waals surface area contributed by atoms with Gasteiger partial charge in [0, 0.05) is 16.5 Å². The number of alkyl halides is 1. The summed E-state index contributed by atoms with van der Waals surface area (Å²) in [6.45, 7) is 3.09. The molecule has 0 spiro atoms. The highest BCUT2D eigenvalue weighted by atomic mass is 32.2. The summed E-state index contributed by atoms with van der Waals surface area (Å²) in [7, 11) is 0. The van der Waals surface area contributed by atoms with Crippen molar-refractivity contribution in [3.05, 3.63) is 95.2 Å². The number of halogens is 1. The van der Waals surface area contributed by atoms with E-state index >= 15 is 4.39 Å². The van der Waals surface area contributed by atoms with Gasteiger partial charge >= 0.3 is 0 Å². The zero-order valence-corrected chi connectivity index (χ0v) is 23.2. The molecule has 1 atom stereocenters. The minimum absolute atomic E-state index is 0.0849. The summed E-state index contributed by atoms with van der Waals surface area (Å²) < 4.78 is 33.1. The van der Waals surface area contributed by atoms with Gasteiger partial charge in [-0.05, 0) is 79.3 Å². The Balaban J connectivity index is 1.13. The van der Waals surface area contributed by atoms with Gasteiger partial charge in [-0.2, -0.15) is 0 Å². The van der Waals surface area contributed by atoms with Crippen molar-refractivity contribution in [2.75, 3.05) is 13.2 Å². The molecule has 4 aromatic rings. The lowest BCUT2D eigenvalue weighted by Gasteiger charge is -2.16. The summed E-state index contributed by atoms with van der Waals surface area (Å²) in [5.74, 6) is 0.331. The molecular formula is C32H32FNO5S. The molecule has 1 unspecified atom stereocenters. The highest BCUT2D eigenvalue weighted by molar-refractivity contribution is 8.15. The molecule has 2 amide bonds. The molecule has 0 radical (unpaired) electrons. The molecule has 1 aromatic heterocycles. The highest BCUT2D eigenvalue weighted by Crippen LogP contribution is 2.43. The van der Waals surface area contributed by atoms with Crippen LogP contribution < -0.4 is 14.8 Å². The van der Waals surface area contributed by atoms with Gasteiger partial charge in [-0.25, -0.2) is 4.39 Å². The fraction of sp³-hybridized carbons (Fsp3) is 0.312. The van der Waals surface area contributed by atoms with E-state index in [0.717, 1.165) is 60.8 Å². The topological polar surface area (TPSA) is 77.8 Å². The first-order chi connectivity index (χ1) is 19.5. The molecule has 8 heteroatoms. The lowest BCUT2D eigenvalue weighted by Crippen LogP contribution is -2.30. The molecule has 208 valence electrons. The summed E-state index contributed by atoms with van der Waals surface area (Å²) in [6.07, 6.45) is 7.11. The van der Waals surface area contributed by atoms with E-state index in [1.54, 1.807) is 12.1 Å². The van der Waals surface area contributed by atoms with Crippen molar-refractivity contribution in [2.24, 2.45) is 0 Å². The number of amides is 2. The van der Waals surface area contributed by atoms with Gasteiger partial charge in [0.25, 0.3) is 16.1 Å². The van der Waals surface area contributed by atoms with E-state index in [1.807, 2.05) is 23.7 Å². The molecule has 3 aromatic carbocycles. The summed E-state index contributed by atoms with van der Waals surface area (Å²) in [5, 5.41) is 0.00660. The van der Waals surface area contributed by atoms with Crippen LogP contribution in [0.15, 0.2) is 77.4 Å². The number of carbonyl (C=O) groups excluding carboxylic acids is 2. The molecular weight excluding hydrogens is 529 g/mol. The lowest BCUT2D eigenvalue weighted by atomic mass is 10.0. The van der Waals surface area contributed by atoms with Crippen molar-refractivity contribution in [1.29, 1.82) is 0 Å². The molecule has 0 aliphatic carbocycles. The van der Waals surface area contributed by atoms with Crippen LogP contribution in [0.2, 0.25) is 0 Å². The third-order valence-corrected chi connectivity index (χ3v) is 7.91. The Kier molecular flexibility index (Phi) is 8.75. The number of fused-ring (bicyclic) bond motifs is 1. The fourth-order valence-electron chi connectivity index (χ4n) is 4.85. The van der Waals surface area contributed by atoms with E-state index in [9.17, 15) is 9.59 Å². The number of ether oxygens (including phenoxy) is 2. The van der Waals surface area contributed by atoms with Crippen LogP contribution in [0.4, 0.5) is 9.18 Å². The smallest absolute Gasteiger partial charge is 0.289 e. The van der Waals surface area contributed by atoms with Crippen molar-refractivity contribution >= 4 is 33.9 Å². The number of rotatable bonds is 13. The predicted octanol–water partition coefficient (Wildman–Crippen LogP) is 7.51. The number of carbonyl (C=O) groups is 2. The Bertz CT molecular complexity index is 1490. The monoisotopic (exact) mass is 561 g/mol. The quantitative estimate of drug-likeness (QED) is 0.170. The maximum absolute atomic E-state index is 15.1. The Hall–Kier alpha value is -3.78. The second-order valence-corrected chi connectivity index (χ2v) is 10.9. The average molecular weight is 562 g/mol. The van der Waals surface area contributed by atoms with E-state index < -0.39 is 16.1 Å². The molecule has 1 N–H and O–H groups in total. The number of benzene rings is 3. The number of imide groups is 1. The largest absolute Gasteiger partial charge is 0.494 e. The van der Waals surface area contributed by atoms with Crippen LogP contribution in [0, 0.1) is 0 Å². The fourth-order valence-corrected chi connectivity index (χ4v) is 5.64. The normalized spacial score (nSPS) is 16.9. The second-order valence-electron chi connectivity index (χ2n) is 9.79. The number of hydrogen-bond acceptors (Lipinski definition) is 6. The van der Waals surface area contributed by atoms with Crippen LogP contribution >= 0.6 is 11.8 Å². The zero-order valence-electron chi connectivity index (χ0n) is 22.4. The predicted molar refractivity (Wildman–Crippen MR) is 155 cm³/mol. The second kappa shape index (κ2) is 12.6. The van der Waals surface area contributed by atoms with Crippen LogP contribution in [0.25, 0.3) is 11.0 Å². The van der Waals surface area contributed by atoms with Gasteiger partial charge in [0.1, 0.15) is 17.1 Å². The van der Waals surface area contributed by atoms with Crippen molar-refractivity contribution in [2.45, 2.75) is 50.4 Å². The molecule has 0 saturated carbocycles. The summed E-state index contributed by atoms with van der Waals surface area (Å²) >= 11 is 0.333. The van der Waals surface area contributed by atoms with Crippen molar-refractivity contribution in [3.8, 4) is 11.5 Å². The Morgan fingerprint density at radius 2 is 1.73 bits per heavy atom. The van der Waals surface area contributed by atoms with Crippen molar-refractivity contribution in [3.63, 3.8) is 0 Å². The first kappa shape index (κ1) is 27.8. The molecule has 2 heterocycles. The molecule has 6 nitrogen and oxygen atoms in total. The number of thioether (sulfide) groups is 1. The maximum Gasteiger partial charge on any atom is 0.289 e. The summed E-state index contributed by atoms with van der Waals surface area (Å²) in [4.78, 5) is 23.3. The minimum Gasteiger partial charge on any atom is -0.494 e. The van der Waals surface area contributed by atoms with Gasteiger partial charge in [0.05, 0.1) is 19.5 Å². The van der Waals surface area contributed by atoms with Crippen LogP contribution in [-0.4, -0.2) is 24.4 Å². The third-order valence-electron chi connectivity index (χ3n) is 6.92. The molecule has 1 saturated heterocycles. The number of nitrogens with one attached hydrogen (secondary N) is 1. The molecule has 1 fully saturated rings. The minimum atomic E-state index is -2.43. The maximum atomic E-state index is 15.1. The van der Waals surface area contributed by atoms with Crippen LogP contribution in [-0.2, 0) is 29.1 Å². The van der Waals surface area contributed by atoms with Crippen molar-refractivity contribution in [1.82, 2.24) is 5.32 Å². The average Bonchev–Trinajstić information content (AvgIpc) is 3.50.